The van der Waals surface area contributed by atoms with E-state index in [0.717, 1.165) is 10.5 Å². The lowest BCUT2D eigenvalue weighted by atomic mass is 9.84. The molecule has 0 bridgehead atoms. The Bertz CT molecular complexity index is 680. The molecule has 3 rings (SSSR count). The number of rotatable bonds is 4. The van der Waals surface area contributed by atoms with Crippen molar-refractivity contribution < 1.29 is 27.9 Å². The van der Waals surface area contributed by atoms with Gasteiger partial charge in [-0.3, -0.25) is 14.5 Å². The summed E-state index contributed by atoms with van der Waals surface area (Å²) in [4.78, 5) is 26.5. The monoisotopic (exact) mass is 370 g/mol. The first-order valence-corrected chi connectivity index (χ1v) is 8.58. The molecule has 2 aliphatic heterocycles. The molecule has 1 aromatic carbocycles. The number of alkyl halides is 3. The number of nitrogens with zero attached hydrogens (tertiary/aromatic N) is 2. The predicted molar refractivity (Wildman–Crippen MR) is 87.1 cm³/mol. The molecular formula is C18H21F3N2O3. The van der Waals surface area contributed by atoms with Gasteiger partial charge in [-0.15, -0.1) is 0 Å². The van der Waals surface area contributed by atoms with Crippen molar-refractivity contribution in [3.05, 3.63) is 35.9 Å². The fourth-order valence-electron chi connectivity index (χ4n) is 3.84. The van der Waals surface area contributed by atoms with Gasteiger partial charge in [0.15, 0.2) is 5.41 Å². The lowest BCUT2D eigenvalue weighted by molar-refractivity contribution is -0.223. The van der Waals surface area contributed by atoms with Crippen molar-refractivity contribution in [2.24, 2.45) is 11.3 Å². The molecule has 2 aliphatic rings. The molecule has 0 radical (unpaired) electrons. The van der Waals surface area contributed by atoms with Crippen molar-refractivity contribution in [2.75, 3.05) is 26.2 Å². The van der Waals surface area contributed by atoms with Crippen LogP contribution < -0.4 is 0 Å². The zero-order chi connectivity index (χ0) is 18.9. The van der Waals surface area contributed by atoms with Crippen molar-refractivity contribution >= 4 is 11.9 Å². The van der Waals surface area contributed by atoms with Gasteiger partial charge in [0.05, 0.1) is 5.92 Å². The summed E-state index contributed by atoms with van der Waals surface area (Å²) in [5.41, 5.74) is -1.56. The van der Waals surface area contributed by atoms with E-state index in [2.05, 4.69) is 0 Å². The second-order valence-electron chi connectivity index (χ2n) is 7.10. The molecule has 0 saturated carbocycles. The Hall–Kier alpha value is -2.09. The molecule has 0 spiro atoms. The maximum atomic E-state index is 13.9. The molecule has 2 saturated heterocycles. The summed E-state index contributed by atoms with van der Waals surface area (Å²) in [5, 5.41) is 9.04. The van der Waals surface area contributed by atoms with E-state index in [1.807, 2.05) is 30.3 Å². The second kappa shape index (κ2) is 6.90. The number of amides is 1. The summed E-state index contributed by atoms with van der Waals surface area (Å²) < 4.78 is 41.7. The fraction of sp³-hybridized carbons (Fsp3) is 0.556. The standard InChI is InChI=1S/C18H21F3N2O3/c19-18(20,21)17(16(26)23-8-6-14(11-23)15(24)25)7-9-22(12-17)10-13-4-2-1-3-5-13/h1-5,14H,6-12H2,(H,24,25). The lowest BCUT2D eigenvalue weighted by Gasteiger charge is -2.34. The highest BCUT2D eigenvalue weighted by Crippen LogP contribution is 2.47. The highest BCUT2D eigenvalue weighted by Gasteiger charge is 2.64. The van der Waals surface area contributed by atoms with Crippen LogP contribution in [-0.2, 0) is 16.1 Å². The van der Waals surface area contributed by atoms with Crippen LogP contribution in [-0.4, -0.2) is 59.1 Å². The normalized spacial score (nSPS) is 27.0. The van der Waals surface area contributed by atoms with Gasteiger partial charge < -0.3 is 10.0 Å². The van der Waals surface area contributed by atoms with Gasteiger partial charge in [0, 0.05) is 26.2 Å². The van der Waals surface area contributed by atoms with Crippen LogP contribution in [0.1, 0.15) is 18.4 Å². The summed E-state index contributed by atoms with van der Waals surface area (Å²) in [5.74, 6) is -2.84. The zero-order valence-electron chi connectivity index (χ0n) is 14.2. The maximum Gasteiger partial charge on any atom is 0.404 e. The number of benzene rings is 1. The van der Waals surface area contributed by atoms with E-state index in [-0.39, 0.29) is 32.5 Å². The molecule has 2 heterocycles. The first-order chi connectivity index (χ1) is 12.2. The van der Waals surface area contributed by atoms with Gasteiger partial charge >= 0.3 is 12.1 Å². The smallest absolute Gasteiger partial charge is 0.404 e. The molecular weight excluding hydrogens is 349 g/mol. The predicted octanol–water partition coefficient (Wildman–Crippen LogP) is 2.37. The van der Waals surface area contributed by atoms with Crippen LogP contribution in [0, 0.1) is 11.3 Å². The summed E-state index contributed by atoms with van der Waals surface area (Å²) >= 11 is 0. The van der Waals surface area contributed by atoms with Crippen LogP contribution in [0.3, 0.4) is 0 Å². The SMILES string of the molecule is O=C(O)C1CCN(C(=O)C2(C(F)(F)F)CCN(Cc3ccccc3)C2)C1. The van der Waals surface area contributed by atoms with E-state index >= 15 is 0 Å². The molecule has 5 nitrogen and oxygen atoms in total. The number of hydrogen-bond acceptors (Lipinski definition) is 3. The first-order valence-electron chi connectivity index (χ1n) is 8.58. The van der Waals surface area contributed by atoms with Crippen molar-refractivity contribution in [3.63, 3.8) is 0 Å². The van der Waals surface area contributed by atoms with Gasteiger partial charge in [-0.05, 0) is 24.9 Å². The Balaban J connectivity index is 1.76. The fourth-order valence-corrected chi connectivity index (χ4v) is 3.84. The third-order valence-corrected chi connectivity index (χ3v) is 5.37. The number of hydrogen-bond donors (Lipinski definition) is 1. The molecule has 0 aliphatic carbocycles. The van der Waals surface area contributed by atoms with E-state index in [1.54, 1.807) is 4.90 Å². The van der Waals surface area contributed by atoms with Crippen molar-refractivity contribution in [2.45, 2.75) is 25.6 Å². The van der Waals surface area contributed by atoms with Crippen LogP contribution in [0.5, 0.6) is 0 Å². The number of halogens is 3. The quantitative estimate of drug-likeness (QED) is 0.884. The zero-order valence-corrected chi connectivity index (χ0v) is 14.2. The Morgan fingerprint density at radius 3 is 2.46 bits per heavy atom. The van der Waals surface area contributed by atoms with Crippen molar-refractivity contribution in [1.82, 2.24) is 9.80 Å². The van der Waals surface area contributed by atoms with E-state index in [4.69, 9.17) is 5.11 Å². The summed E-state index contributed by atoms with van der Waals surface area (Å²) in [6.07, 6.45) is -4.77. The van der Waals surface area contributed by atoms with Gasteiger partial charge in [-0.25, -0.2) is 0 Å². The summed E-state index contributed by atoms with van der Waals surface area (Å²) in [7, 11) is 0. The van der Waals surface area contributed by atoms with Gasteiger partial charge in [0.1, 0.15) is 0 Å². The number of carboxylic acids is 1. The number of carbonyl (C=O) groups excluding carboxylic acids is 1. The van der Waals surface area contributed by atoms with Crippen LogP contribution in [0.2, 0.25) is 0 Å². The van der Waals surface area contributed by atoms with Crippen LogP contribution in [0.25, 0.3) is 0 Å². The van der Waals surface area contributed by atoms with Gasteiger partial charge in [0.25, 0.3) is 0 Å². The molecule has 8 heteroatoms. The Labute approximate surface area is 149 Å². The van der Waals surface area contributed by atoms with Gasteiger partial charge in [-0.2, -0.15) is 13.2 Å². The van der Waals surface area contributed by atoms with E-state index in [1.165, 1.54) is 0 Å². The van der Waals surface area contributed by atoms with E-state index in [0.29, 0.717) is 6.54 Å². The van der Waals surface area contributed by atoms with E-state index < -0.39 is 35.9 Å². The maximum absolute atomic E-state index is 13.9. The van der Waals surface area contributed by atoms with Crippen LogP contribution in [0.4, 0.5) is 13.2 Å². The van der Waals surface area contributed by atoms with Gasteiger partial charge in [-0.1, -0.05) is 30.3 Å². The third-order valence-electron chi connectivity index (χ3n) is 5.37. The van der Waals surface area contributed by atoms with Crippen molar-refractivity contribution in [3.8, 4) is 0 Å². The summed E-state index contributed by atoms with van der Waals surface area (Å²) in [6, 6.07) is 9.16. The van der Waals surface area contributed by atoms with Crippen LogP contribution >= 0.6 is 0 Å². The molecule has 142 valence electrons. The average molecular weight is 370 g/mol. The summed E-state index contributed by atoms with van der Waals surface area (Å²) in [6.45, 7) is 0.0511. The second-order valence-corrected chi connectivity index (χ2v) is 7.10. The number of carbonyl (C=O) groups is 2. The lowest BCUT2D eigenvalue weighted by Crippen LogP contribution is -2.53. The number of carboxylic acid groups (broad SMARTS) is 1. The van der Waals surface area contributed by atoms with Gasteiger partial charge in [0.2, 0.25) is 5.91 Å². The number of aliphatic carboxylic acids is 1. The molecule has 2 unspecified atom stereocenters. The Morgan fingerprint density at radius 1 is 1.19 bits per heavy atom. The average Bonchev–Trinajstić information content (AvgIpc) is 3.22. The third kappa shape index (κ3) is 3.42. The minimum absolute atomic E-state index is 0.0618. The van der Waals surface area contributed by atoms with E-state index in [9.17, 15) is 22.8 Å². The molecule has 0 aromatic heterocycles. The Morgan fingerprint density at radius 2 is 1.88 bits per heavy atom. The number of likely N-dealkylation sites (tertiary alicyclic amines) is 2. The molecule has 1 N–H and O–H groups in total. The Kier molecular flexibility index (Phi) is 4.96. The minimum atomic E-state index is -4.67. The molecule has 26 heavy (non-hydrogen) atoms. The topological polar surface area (TPSA) is 60.9 Å². The molecule has 2 atom stereocenters. The van der Waals surface area contributed by atoms with Crippen molar-refractivity contribution in [1.29, 1.82) is 0 Å². The highest BCUT2D eigenvalue weighted by molar-refractivity contribution is 5.85. The largest absolute Gasteiger partial charge is 0.481 e. The molecule has 2 fully saturated rings. The first kappa shape index (κ1) is 18.7. The highest BCUT2D eigenvalue weighted by atomic mass is 19.4. The minimum Gasteiger partial charge on any atom is -0.481 e. The molecule has 1 amide bonds. The molecule has 1 aromatic rings. The van der Waals surface area contributed by atoms with Crippen LogP contribution in [0.15, 0.2) is 30.3 Å².